The van der Waals surface area contributed by atoms with Gasteiger partial charge in [-0.3, -0.25) is 20.0 Å². The zero-order valence-corrected chi connectivity index (χ0v) is 10.3. The molecule has 0 aliphatic heterocycles. The first kappa shape index (κ1) is 10.9. The summed E-state index contributed by atoms with van der Waals surface area (Å²) in [5, 5.41) is 14.5. The van der Waals surface area contributed by atoms with E-state index in [0.717, 1.165) is 22.0 Å². The van der Waals surface area contributed by atoms with Crippen molar-refractivity contribution in [1.82, 2.24) is 25.4 Å². The molecule has 0 saturated heterocycles. The van der Waals surface area contributed by atoms with E-state index in [1.807, 2.05) is 30.3 Å². The predicted octanol–water partition coefficient (Wildman–Crippen LogP) is 1.86. The molecule has 0 atom stereocenters. The van der Waals surface area contributed by atoms with Gasteiger partial charge in [-0.25, -0.2) is 0 Å². The number of hydrogen-bond acceptors (Lipinski definition) is 4. The Kier molecular flexibility index (Phi) is 2.17. The first-order valence-corrected chi connectivity index (χ1v) is 6.11. The van der Waals surface area contributed by atoms with Crippen molar-refractivity contribution in [1.29, 1.82) is 0 Å². The van der Waals surface area contributed by atoms with Crippen molar-refractivity contribution in [3.63, 3.8) is 0 Å². The third kappa shape index (κ3) is 1.45. The molecule has 4 aromatic rings. The first-order valence-electron chi connectivity index (χ1n) is 6.11. The van der Waals surface area contributed by atoms with Crippen LogP contribution in [0.3, 0.4) is 0 Å². The minimum absolute atomic E-state index is 0.263. The van der Waals surface area contributed by atoms with E-state index in [9.17, 15) is 4.79 Å². The summed E-state index contributed by atoms with van der Waals surface area (Å²) in [5.74, 6) is 0. The number of aromatic nitrogens is 5. The fraction of sp³-hybridized carbons (Fsp3) is 0. The minimum atomic E-state index is -0.263. The van der Waals surface area contributed by atoms with E-state index in [-0.39, 0.29) is 5.56 Å². The van der Waals surface area contributed by atoms with Crippen molar-refractivity contribution in [2.75, 3.05) is 0 Å². The van der Waals surface area contributed by atoms with Crippen LogP contribution in [0.4, 0.5) is 0 Å². The fourth-order valence-electron chi connectivity index (χ4n) is 2.35. The topological polar surface area (TPSA) is 87.3 Å². The molecule has 0 spiro atoms. The molecular formula is C14H9N5O. The largest absolute Gasteiger partial charge is 0.295 e. The molecule has 20 heavy (non-hydrogen) atoms. The van der Waals surface area contributed by atoms with Crippen LogP contribution in [0, 0.1) is 0 Å². The summed E-state index contributed by atoms with van der Waals surface area (Å²) in [4.78, 5) is 15.7. The van der Waals surface area contributed by atoms with Crippen LogP contribution in [0.2, 0.25) is 0 Å². The molecule has 0 saturated carbocycles. The molecule has 96 valence electrons. The normalized spacial score (nSPS) is 11.2. The summed E-state index contributed by atoms with van der Waals surface area (Å²) < 4.78 is 0. The molecule has 4 rings (SSSR count). The molecule has 2 N–H and O–H groups in total. The molecule has 0 aliphatic carbocycles. The van der Waals surface area contributed by atoms with Crippen molar-refractivity contribution in [2.45, 2.75) is 0 Å². The van der Waals surface area contributed by atoms with Gasteiger partial charge in [0.05, 0.1) is 5.52 Å². The zero-order valence-electron chi connectivity index (χ0n) is 10.3. The van der Waals surface area contributed by atoms with Crippen LogP contribution in [0.1, 0.15) is 0 Å². The molecule has 0 unspecified atom stereocenters. The third-order valence-corrected chi connectivity index (χ3v) is 3.28. The number of aromatic amines is 2. The van der Waals surface area contributed by atoms with Gasteiger partial charge >= 0.3 is 0 Å². The van der Waals surface area contributed by atoms with Crippen molar-refractivity contribution in [3.05, 3.63) is 53.1 Å². The second-order valence-corrected chi connectivity index (χ2v) is 4.45. The summed E-state index contributed by atoms with van der Waals surface area (Å²) in [6.45, 7) is 0. The highest BCUT2D eigenvalue weighted by Crippen LogP contribution is 2.28. The van der Waals surface area contributed by atoms with E-state index in [0.29, 0.717) is 11.0 Å². The summed E-state index contributed by atoms with van der Waals surface area (Å²) >= 11 is 0. The minimum Gasteiger partial charge on any atom is -0.295 e. The lowest BCUT2D eigenvalue weighted by atomic mass is 10.0. The lowest BCUT2D eigenvalue weighted by molar-refractivity contribution is 1.08. The number of benzene rings is 1. The van der Waals surface area contributed by atoms with Crippen molar-refractivity contribution < 1.29 is 0 Å². The van der Waals surface area contributed by atoms with Gasteiger partial charge in [0.25, 0.3) is 5.56 Å². The Morgan fingerprint density at radius 1 is 0.950 bits per heavy atom. The van der Waals surface area contributed by atoms with Crippen molar-refractivity contribution >= 4 is 21.9 Å². The van der Waals surface area contributed by atoms with Gasteiger partial charge < -0.3 is 0 Å². The van der Waals surface area contributed by atoms with Crippen molar-refractivity contribution in [2.24, 2.45) is 0 Å². The monoisotopic (exact) mass is 263 g/mol. The van der Waals surface area contributed by atoms with Gasteiger partial charge in [0.2, 0.25) is 0 Å². The van der Waals surface area contributed by atoms with E-state index in [2.05, 4.69) is 25.4 Å². The number of nitrogens with one attached hydrogen (secondary N) is 2. The average Bonchev–Trinajstić information content (AvgIpc) is 2.89. The Morgan fingerprint density at radius 2 is 1.85 bits per heavy atom. The van der Waals surface area contributed by atoms with E-state index in [1.165, 1.54) is 0 Å². The molecular weight excluding hydrogens is 254 g/mol. The van der Waals surface area contributed by atoms with Gasteiger partial charge in [-0.2, -0.15) is 0 Å². The van der Waals surface area contributed by atoms with Crippen LogP contribution in [0.5, 0.6) is 0 Å². The molecule has 3 aromatic heterocycles. The fourth-order valence-corrected chi connectivity index (χ4v) is 2.35. The van der Waals surface area contributed by atoms with Crippen molar-refractivity contribution in [3.8, 4) is 11.1 Å². The summed E-state index contributed by atoms with van der Waals surface area (Å²) in [6, 6.07) is 9.64. The number of pyridine rings is 1. The van der Waals surface area contributed by atoms with Gasteiger partial charge in [0.1, 0.15) is 5.52 Å². The Morgan fingerprint density at radius 3 is 2.70 bits per heavy atom. The smallest absolute Gasteiger partial charge is 0.292 e. The highest BCUT2D eigenvalue weighted by atomic mass is 16.1. The molecule has 6 nitrogen and oxygen atoms in total. The molecule has 0 fully saturated rings. The molecule has 0 bridgehead atoms. The highest BCUT2D eigenvalue weighted by molar-refractivity contribution is 6.06. The molecule has 6 heteroatoms. The van der Waals surface area contributed by atoms with E-state index >= 15 is 0 Å². The van der Waals surface area contributed by atoms with Gasteiger partial charge in [-0.15, -0.1) is 10.2 Å². The van der Waals surface area contributed by atoms with E-state index in [4.69, 9.17) is 0 Å². The Hall–Kier alpha value is -3.02. The molecule has 3 heterocycles. The average molecular weight is 263 g/mol. The zero-order chi connectivity index (χ0) is 13.5. The van der Waals surface area contributed by atoms with Gasteiger partial charge in [0.15, 0.2) is 5.52 Å². The van der Waals surface area contributed by atoms with Crippen LogP contribution >= 0.6 is 0 Å². The summed E-state index contributed by atoms with van der Waals surface area (Å²) in [6.07, 6.45) is 3.50. The Labute approximate surface area is 112 Å². The molecule has 0 amide bonds. The maximum absolute atomic E-state index is 11.6. The number of H-pyrrole nitrogens is 2. The summed E-state index contributed by atoms with van der Waals surface area (Å²) in [7, 11) is 0. The first-order chi connectivity index (χ1) is 9.84. The molecule has 0 radical (unpaired) electrons. The van der Waals surface area contributed by atoms with Crippen LogP contribution in [0.25, 0.3) is 33.1 Å². The second-order valence-electron chi connectivity index (χ2n) is 4.45. The number of nitrogens with zero attached hydrogens (tertiary/aromatic N) is 3. The van der Waals surface area contributed by atoms with Crippen LogP contribution in [-0.2, 0) is 0 Å². The third-order valence-electron chi connectivity index (χ3n) is 3.28. The number of hydrogen-bond donors (Lipinski definition) is 2. The standard InChI is InChI=1S/C14H9N5O/c20-14-13-12(17-19-14)10-5-1-4-9(11(10)16-18-13)8-3-2-6-15-7-8/h1-7H,(H2,17,19,20). The Balaban J connectivity index is 2.14. The summed E-state index contributed by atoms with van der Waals surface area (Å²) in [5.41, 5.74) is 3.37. The highest BCUT2D eigenvalue weighted by Gasteiger charge is 2.11. The Bertz CT molecular complexity index is 971. The predicted molar refractivity (Wildman–Crippen MR) is 75.2 cm³/mol. The molecule has 0 aliphatic rings. The van der Waals surface area contributed by atoms with Crippen LogP contribution < -0.4 is 5.56 Å². The quantitative estimate of drug-likeness (QED) is 0.548. The van der Waals surface area contributed by atoms with Gasteiger partial charge in [-0.1, -0.05) is 24.3 Å². The maximum Gasteiger partial charge on any atom is 0.292 e. The lowest BCUT2D eigenvalue weighted by Gasteiger charge is -2.05. The van der Waals surface area contributed by atoms with Gasteiger partial charge in [0, 0.05) is 28.9 Å². The SMILES string of the molecule is O=c1[nH][nH]c2c1nnc1c(-c3cccnc3)cccc12. The van der Waals surface area contributed by atoms with Crippen LogP contribution in [0.15, 0.2) is 47.5 Å². The molecule has 1 aromatic carbocycles. The second kappa shape index (κ2) is 3.99. The number of rotatable bonds is 1. The van der Waals surface area contributed by atoms with E-state index in [1.54, 1.807) is 12.4 Å². The lowest BCUT2D eigenvalue weighted by Crippen LogP contribution is -2.00. The van der Waals surface area contributed by atoms with E-state index < -0.39 is 0 Å². The maximum atomic E-state index is 11.6. The number of fused-ring (bicyclic) bond motifs is 3. The van der Waals surface area contributed by atoms with Crippen LogP contribution in [-0.4, -0.2) is 25.4 Å². The van der Waals surface area contributed by atoms with Gasteiger partial charge in [-0.05, 0) is 6.07 Å².